The number of carbonyl (C=O) groups excluding carboxylic acids is 1. The molecule has 150 valence electrons. The zero-order chi connectivity index (χ0) is 20.4. The molecule has 2 aromatic carbocycles. The number of aromatic nitrogens is 2. The van der Waals surface area contributed by atoms with E-state index in [9.17, 15) is 9.18 Å². The number of benzene rings is 2. The van der Waals surface area contributed by atoms with E-state index < -0.39 is 0 Å². The summed E-state index contributed by atoms with van der Waals surface area (Å²) in [4.78, 5) is 18.7. The predicted octanol–water partition coefficient (Wildman–Crippen LogP) is 4.90. The average Bonchev–Trinajstić information content (AvgIpc) is 3.21. The van der Waals surface area contributed by atoms with Gasteiger partial charge in [-0.3, -0.25) is 0 Å². The lowest BCUT2D eigenvalue weighted by Crippen LogP contribution is -2.40. The van der Waals surface area contributed by atoms with Crippen molar-refractivity contribution >= 4 is 11.7 Å². The van der Waals surface area contributed by atoms with E-state index in [1.807, 2.05) is 31.2 Å². The van der Waals surface area contributed by atoms with Gasteiger partial charge in [0.05, 0.1) is 0 Å². The molecule has 0 spiro atoms. The number of nitrogens with one attached hydrogen (secondary N) is 1. The number of aryl methyl sites for hydroxylation is 2. The molecule has 0 radical (unpaired) electrons. The first-order chi connectivity index (χ1) is 14.0. The van der Waals surface area contributed by atoms with E-state index in [-0.39, 0.29) is 17.8 Å². The number of anilines is 1. The summed E-state index contributed by atoms with van der Waals surface area (Å²) in [6.07, 6.45) is 1.48. The number of rotatable bonds is 3. The molecule has 0 bridgehead atoms. The van der Waals surface area contributed by atoms with Gasteiger partial charge in [0.2, 0.25) is 11.7 Å². The van der Waals surface area contributed by atoms with E-state index in [2.05, 4.69) is 15.5 Å². The smallest absolute Gasteiger partial charge is 0.321 e. The summed E-state index contributed by atoms with van der Waals surface area (Å²) in [6, 6.07) is 12.5. The Labute approximate surface area is 168 Å². The molecular formula is C22H23FN4O2. The number of halogens is 1. The van der Waals surface area contributed by atoms with Crippen LogP contribution in [-0.2, 0) is 0 Å². The van der Waals surface area contributed by atoms with Gasteiger partial charge in [0.1, 0.15) is 5.82 Å². The number of hydrogen-bond donors (Lipinski definition) is 1. The van der Waals surface area contributed by atoms with E-state index >= 15 is 0 Å². The van der Waals surface area contributed by atoms with E-state index in [0.717, 1.165) is 18.4 Å². The van der Waals surface area contributed by atoms with Gasteiger partial charge in [0.25, 0.3) is 0 Å². The summed E-state index contributed by atoms with van der Waals surface area (Å²) in [5, 5.41) is 6.86. The SMILES string of the molecule is Cc1ccc(-c2noc(C3CCN(C(=O)Nc4ccc(C)c(F)c4)CC3)n2)cc1. The third kappa shape index (κ3) is 4.29. The van der Waals surface area contributed by atoms with Gasteiger partial charge >= 0.3 is 6.03 Å². The van der Waals surface area contributed by atoms with Crippen LogP contribution in [-0.4, -0.2) is 34.2 Å². The molecule has 1 aliphatic rings. The second kappa shape index (κ2) is 8.03. The van der Waals surface area contributed by atoms with Crippen molar-refractivity contribution in [3.63, 3.8) is 0 Å². The van der Waals surface area contributed by atoms with Crippen LogP contribution in [0.25, 0.3) is 11.4 Å². The van der Waals surface area contributed by atoms with Crippen LogP contribution in [0, 0.1) is 19.7 Å². The minimum Gasteiger partial charge on any atom is -0.339 e. The zero-order valence-corrected chi connectivity index (χ0v) is 16.5. The number of nitrogens with zero attached hydrogens (tertiary/aromatic N) is 3. The molecule has 6 nitrogen and oxygen atoms in total. The zero-order valence-electron chi connectivity index (χ0n) is 16.5. The molecule has 0 atom stereocenters. The van der Waals surface area contributed by atoms with Crippen molar-refractivity contribution in [2.45, 2.75) is 32.6 Å². The van der Waals surface area contributed by atoms with Crippen molar-refractivity contribution in [1.29, 1.82) is 0 Å². The van der Waals surface area contributed by atoms with Crippen molar-refractivity contribution in [1.82, 2.24) is 15.0 Å². The normalized spacial score (nSPS) is 14.8. The quantitative estimate of drug-likeness (QED) is 0.686. The molecule has 0 aliphatic carbocycles. The number of urea groups is 1. The largest absolute Gasteiger partial charge is 0.339 e. The summed E-state index contributed by atoms with van der Waals surface area (Å²) in [6.45, 7) is 4.87. The maximum Gasteiger partial charge on any atom is 0.321 e. The molecule has 29 heavy (non-hydrogen) atoms. The van der Waals surface area contributed by atoms with Crippen LogP contribution >= 0.6 is 0 Å². The minimum absolute atomic E-state index is 0.127. The van der Waals surface area contributed by atoms with E-state index in [4.69, 9.17) is 4.52 Å². The highest BCUT2D eigenvalue weighted by Gasteiger charge is 2.27. The Morgan fingerprint density at radius 3 is 2.55 bits per heavy atom. The summed E-state index contributed by atoms with van der Waals surface area (Å²) >= 11 is 0. The molecule has 0 unspecified atom stereocenters. The second-order valence-corrected chi connectivity index (χ2v) is 7.48. The fraction of sp³-hybridized carbons (Fsp3) is 0.318. The van der Waals surface area contributed by atoms with Gasteiger partial charge in [-0.15, -0.1) is 0 Å². The number of likely N-dealkylation sites (tertiary alicyclic amines) is 1. The molecule has 3 aromatic rings. The van der Waals surface area contributed by atoms with Gasteiger partial charge in [-0.05, 0) is 44.4 Å². The van der Waals surface area contributed by atoms with E-state index in [0.29, 0.717) is 36.1 Å². The lowest BCUT2D eigenvalue weighted by Gasteiger charge is -2.30. The molecule has 1 saturated heterocycles. The van der Waals surface area contributed by atoms with Crippen molar-refractivity contribution < 1.29 is 13.7 Å². The van der Waals surface area contributed by atoms with Crippen molar-refractivity contribution in [3.8, 4) is 11.4 Å². The monoisotopic (exact) mass is 394 g/mol. The fourth-order valence-electron chi connectivity index (χ4n) is 3.42. The molecule has 0 saturated carbocycles. The molecule has 1 N–H and O–H groups in total. The van der Waals surface area contributed by atoms with Crippen LogP contribution in [0.15, 0.2) is 47.0 Å². The van der Waals surface area contributed by atoms with Crippen LogP contribution < -0.4 is 5.32 Å². The van der Waals surface area contributed by atoms with Crippen LogP contribution in [0.2, 0.25) is 0 Å². The van der Waals surface area contributed by atoms with Crippen LogP contribution in [0.1, 0.15) is 35.8 Å². The Morgan fingerprint density at radius 1 is 1.14 bits per heavy atom. The summed E-state index contributed by atoms with van der Waals surface area (Å²) in [5.74, 6) is 0.993. The van der Waals surface area contributed by atoms with Crippen molar-refractivity contribution in [2.75, 3.05) is 18.4 Å². The van der Waals surface area contributed by atoms with Crippen LogP contribution in [0.4, 0.5) is 14.9 Å². The second-order valence-electron chi connectivity index (χ2n) is 7.48. The maximum atomic E-state index is 13.7. The Hall–Kier alpha value is -3.22. The topological polar surface area (TPSA) is 71.3 Å². The van der Waals surface area contributed by atoms with Crippen LogP contribution in [0.5, 0.6) is 0 Å². The Kier molecular flexibility index (Phi) is 5.29. The first-order valence-electron chi connectivity index (χ1n) is 9.72. The minimum atomic E-state index is -0.331. The Morgan fingerprint density at radius 2 is 1.86 bits per heavy atom. The lowest BCUT2D eigenvalue weighted by molar-refractivity contribution is 0.187. The van der Waals surface area contributed by atoms with Gasteiger partial charge in [0.15, 0.2) is 0 Å². The van der Waals surface area contributed by atoms with Gasteiger partial charge in [-0.2, -0.15) is 4.98 Å². The molecule has 2 heterocycles. The molecule has 1 fully saturated rings. The van der Waals surface area contributed by atoms with Gasteiger partial charge in [0, 0.05) is 30.3 Å². The highest BCUT2D eigenvalue weighted by Crippen LogP contribution is 2.29. The third-order valence-corrected chi connectivity index (χ3v) is 5.31. The molecule has 7 heteroatoms. The number of carbonyl (C=O) groups is 1. The van der Waals surface area contributed by atoms with E-state index in [1.54, 1.807) is 24.0 Å². The number of amides is 2. The van der Waals surface area contributed by atoms with Gasteiger partial charge in [-0.25, -0.2) is 9.18 Å². The predicted molar refractivity (Wildman–Crippen MR) is 108 cm³/mol. The molecular weight excluding hydrogens is 371 g/mol. The molecule has 4 rings (SSSR count). The summed E-state index contributed by atoms with van der Waals surface area (Å²) in [7, 11) is 0. The summed E-state index contributed by atoms with van der Waals surface area (Å²) < 4.78 is 19.1. The molecule has 2 amide bonds. The molecule has 1 aliphatic heterocycles. The highest BCUT2D eigenvalue weighted by atomic mass is 19.1. The average molecular weight is 394 g/mol. The summed E-state index contributed by atoms with van der Waals surface area (Å²) in [5.41, 5.74) is 3.11. The Balaban J connectivity index is 1.35. The first kappa shape index (κ1) is 19.1. The fourth-order valence-corrected chi connectivity index (χ4v) is 3.42. The first-order valence-corrected chi connectivity index (χ1v) is 9.72. The van der Waals surface area contributed by atoms with Crippen LogP contribution in [0.3, 0.4) is 0 Å². The van der Waals surface area contributed by atoms with Crippen molar-refractivity contribution in [3.05, 3.63) is 65.3 Å². The Bertz CT molecular complexity index is 1010. The number of piperidine rings is 1. The third-order valence-electron chi connectivity index (χ3n) is 5.31. The molecule has 1 aromatic heterocycles. The van der Waals surface area contributed by atoms with Crippen molar-refractivity contribution in [2.24, 2.45) is 0 Å². The standard InChI is InChI=1S/C22H23FN4O2/c1-14-3-6-16(7-4-14)20-25-21(29-26-20)17-9-11-27(12-10-17)22(28)24-18-8-5-15(2)19(23)13-18/h3-8,13,17H,9-12H2,1-2H3,(H,24,28). The van der Waals surface area contributed by atoms with E-state index in [1.165, 1.54) is 11.6 Å². The van der Waals surface area contributed by atoms with Gasteiger partial charge in [-0.1, -0.05) is 41.1 Å². The van der Waals surface area contributed by atoms with Gasteiger partial charge < -0.3 is 14.7 Å². The lowest BCUT2D eigenvalue weighted by atomic mass is 9.97. The maximum absolute atomic E-state index is 13.7. The number of hydrogen-bond acceptors (Lipinski definition) is 4. The highest BCUT2D eigenvalue weighted by molar-refractivity contribution is 5.89.